The summed E-state index contributed by atoms with van der Waals surface area (Å²) in [7, 11) is 0. The highest BCUT2D eigenvalue weighted by atomic mass is 16.5. The third kappa shape index (κ3) is 5.40. The van der Waals surface area contributed by atoms with Gasteiger partial charge >= 0.3 is 0 Å². The molecule has 0 radical (unpaired) electrons. The molecule has 0 aliphatic heterocycles. The molecule has 1 atom stereocenters. The molecule has 154 valence electrons. The SMILES string of the molecule is NC[C@H](NC(=O)c1ccc(-c2ccc(CNc3ccccn3)cc2)cc1)C(=O)NO. The standard InChI is InChI=1S/C22H23N5O3/c23-13-19(22(29)27-30)26-21(28)18-10-8-17(9-11-18)16-6-4-15(5-7-16)14-25-20-3-1-2-12-24-20/h1-12,19,30H,13-14,23H2,(H,24,25)(H,26,28)(H,27,29)/t19-/m0/s1. The maximum atomic E-state index is 12.3. The first-order valence-corrected chi connectivity index (χ1v) is 9.40. The van der Waals surface area contributed by atoms with Crippen molar-refractivity contribution in [2.24, 2.45) is 5.73 Å². The Balaban J connectivity index is 1.61. The van der Waals surface area contributed by atoms with Crippen molar-refractivity contribution in [1.82, 2.24) is 15.8 Å². The summed E-state index contributed by atoms with van der Waals surface area (Å²) >= 11 is 0. The molecule has 30 heavy (non-hydrogen) atoms. The Morgan fingerprint density at radius 3 is 2.20 bits per heavy atom. The van der Waals surface area contributed by atoms with Gasteiger partial charge in [0, 0.05) is 24.8 Å². The molecule has 8 nitrogen and oxygen atoms in total. The van der Waals surface area contributed by atoms with Crippen molar-refractivity contribution in [2.75, 3.05) is 11.9 Å². The van der Waals surface area contributed by atoms with E-state index in [9.17, 15) is 9.59 Å². The minimum absolute atomic E-state index is 0.127. The average molecular weight is 405 g/mol. The van der Waals surface area contributed by atoms with Gasteiger partial charge in [0.1, 0.15) is 11.9 Å². The van der Waals surface area contributed by atoms with Crippen LogP contribution in [0.15, 0.2) is 72.9 Å². The normalized spacial score (nSPS) is 11.4. The van der Waals surface area contributed by atoms with Gasteiger partial charge < -0.3 is 16.4 Å². The monoisotopic (exact) mass is 405 g/mol. The zero-order valence-corrected chi connectivity index (χ0v) is 16.2. The highest BCUT2D eigenvalue weighted by Crippen LogP contribution is 2.21. The lowest BCUT2D eigenvalue weighted by molar-refractivity contribution is -0.130. The molecule has 0 unspecified atom stereocenters. The molecule has 8 heteroatoms. The highest BCUT2D eigenvalue weighted by Gasteiger charge is 2.19. The number of nitrogens with one attached hydrogen (secondary N) is 3. The molecule has 3 rings (SSSR count). The Labute approximate surface area is 174 Å². The van der Waals surface area contributed by atoms with Crippen LogP contribution in [-0.4, -0.2) is 34.6 Å². The van der Waals surface area contributed by atoms with Crippen LogP contribution in [0.2, 0.25) is 0 Å². The second-order valence-electron chi connectivity index (χ2n) is 6.58. The molecule has 0 bridgehead atoms. The molecule has 0 fully saturated rings. The minimum Gasteiger partial charge on any atom is -0.366 e. The fourth-order valence-electron chi connectivity index (χ4n) is 2.84. The van der Waals surface area contributed by atoms with Crippen LogP contribution < -0.4 is 21.8 Å². The second-order valence-corrected chi connectivity index (χ2v) is 6.58. The van der Waals surface area contributed by atoms with Gasteiger partial charge in [0.05, 0.1) is 0 Å². The van der Waals surface area contributed by atoms with Gasteiger partial charge in [-0.15, -0.1) is 0 Å². The molecule has 6 N–H and O–H groups in total. The van der Waals surface area contributed by atoms with Crippen molar-refractivity contribution >= 4 is 17.6 Å². The van der Waals surface area contributed by atoms with Crippen molar-refractivity contribution in [3.05, 3.63) is 84.1 Å². The van der Waals surface area contributed by atoms with Crippen LogP contribution in [0, 0.1) is 0 Å². The van der Waals surface area contributed by atoms with Crippen LogP contribution in [0.5, 0.6) is 0 Å². The maximum Gasteiger partial charge on any atom is 0.267 e. The van der Waals surface area contributed by atoms with Crippen LogP contribution in [0.4, 0.5) is 5.82 Å². The van der Waals surface area contributed by atoms with Crippen molar-refractivity contribution < 1.29 is 14.8 Å². The number of hydrogen-bond donors (Lipinski definition) is 5. The van der Waals surface area contributed by atoms with E-state index >= 15 is 0 Å². The lowest BCUT2D eigenvalue weighted by atomic mass is 10.0. The van der Waals surface area contributed by atoms with Crippen LogP contribution in [0.3, 0.4) is 0 Å². The van der Waals surface area contributed by atoms with Gasteiger partial charge in [-0.1, -0.05) is 42.5 Å². The Morgan fingerprint density at radius 2 is 1.63 bits per heavy atom. The minimum atomic E-state index is -1.01. The van der Waals surface area contributed by atoms with Crippen molar-refractivity contribution in [2.45, 2.75) is 12.6 Å². The Bertz CT molecular complexity index is 976. The molecule has 1 aromatic heterocycles. The Kier molecular flexibility index (Phi) is 7.09. The van der Waals surface area contributed by atoms with E-state index in [1.807, 2.05) is 54.6 Å². The first kappa shape index (κ1) is 21.0. The predicted octanol–water partition coefficient (Wildman–Crippen LogP) is 1.92. The third-order valence-corrected chi connectivity index (χ3v) is 4.54. The van der Waals surface area contributed by atoms with E-state index in [4.69, 9.17) is 10.9 Å². The summed E-state index contributed by atoms with van der Waals surface area (Å²) in [5.74, 6) is -0.388. The molecule has 0 aliphatic carbocycles. The zero-order chi connectivity index (χ0) is 21.3. The predicted molar refractivity (Wildman–Crippen MR) is 114 cm³/mol. The van der Waals surface area contributed by atoms with Crippen LogP contribution in [0.25, 0.3) is 11.1 Å². The summed E-state index contributed by atoms with van der Waals surface area (Å²) in [6, 6.07) is 19.8. The Morgan fingerprint density at radius 1 is 0.967 bits per heavy atom. The molecule has 3 aromatic rings. The lowest BCUT2D eigenvalue weighted by Gasteiger charge is -2.14. The number of hydrogen-bond acceptors (Lipinski definition) is 6. The number of carbonyl (C=O) groups excluding carboxylic acids is 2. The molecule has 0 spiro atoms. The van der Waals surface area contributed by atoms with Gasteiger partial charge in [0.2, 0.25) is 0 Å². The first-order valence-electron chi connectivity index (χ1n) is 9.40. The Hall–Kier alpha value is -3.75. The number of benzene rings is 2. The third-order valence-electron chi connectivity index (χ3n) is 4.54. The van der Waals surface area contributed by atoms with Crippen molar-refractivity contribution in [3.63, 3.8) is 0 Å². The fraction of sp³-hybridized carbons (Fsp3) is 0.136. The van der Waals surface area contributed by atoms with E-state index in [1.165, 1.54) is 5.48 Å². The van der Waals surface area contributed by atoms with E-state index in [2.05, 4.69) is 15.6 Å². The number of carbonyl (C=O) groups is 2. The first-order chi connectivity index (χ1) is 14.6. The molecular weight excluding hydrogens is 382 g/mol. The van der Waals surface area contributed by atoms with E-state index in [1.54, 1.807) is 18.3 Å². The second kappa shape index (κ2) is 10.1. The number of rotatable bonds is 8. The average Bonchev–Trinajstić information content (AvgIpc) is 2.81. The van der Waals surface area contributed by atoms with Gasteiger partial charge in [-0.3, -0.25) is 14.8 Å². The van der Waals surface area contributed by atoms with E-state index < -0.39 is 17.9 Å². The number of amides is 2. The van der Waals surface area contributed by atoms with Crippen LogP contribution >= 0.6 is 0 Å². The summed E-state index contributed by atoms with van der Waals surface area (Å²) in [6.45, 7) is 0.540. The van der Waals surface area contributed by atoms with Crippen LogP contribution in [-0.2, 0) is 11.3 Å². The van der Waals surface area contributed by atoms with E-state index in [-0.39, 0.29) is 6.54 Å². The highest BCUT2D eigenvalue weighted by molar-refractivity contribution is 5.97. The molecule has 0 saturated heterocycles. The number of aromatic nitrogens is 1. The van der Waals surface area contributed by atoms with Gasteiger partial charge in [0.25, 0.3) is 11.8 Å². The van der Waals surface area contributed by atoms with Gasteiger partial charge in [-0.2, -0.15) is 0 Å². The van der Waals surface area contributed by atoms with Crippen LogP contribution in [0.1, 0.15) is 15.9 Å². The van der Waals surface area contributed by atoms with Gasteiger partial charge in [-0.25, -0.2) is 10.5 Å². The summed E-state index contributed by atoms with van der Waals surface area (Å²) in [4.78, 5) is 27.9. The van der Waals surface area contributed by atoms with E-state index in [0.717, 1.165) is 22.5 Å². The quantitative estimate of drug-likeness (QED) is 0.288. The number of nitrogens with two attached hydrogens (primary N) is 1. The maximum absolute atomic E-state index is 12.3. The molecular formula is C22H23N5O3. The summed E-state index contributed by atoms with van der Waals surface area (Å²) in [5, 5.41) is 14.4. The van der Waals surface area contributed by atoms with E-state index in [0.29, 0.717) is 12.1 Å². The molecule has 0 saturated carbocycles. The largest absolute Gasteiger partial charge is 0.366 e. The van der Waals surface area contributed by atoms with Crippen molar-refractivity contribution in [3.8, 4) is 11.1 Å². The molecule has 0 aliphatic rings. The fourth-order valence-corrected chi connectivity index (χ4v) is 2.84. The number of pyridine rings is 1. The van der Waals surface area contributed by atoms with Gasteiger partial charge in [-0.05, 0) is 41.0 Å². The zero-order valence-electron chi connectivity index (χ0n) is 16.2. The lowest BCUT2D eigenvalue weighted by Crippen LogP contribution is -2.50. The molecule has 2 amide bonds. The van der Waals surface area contributed by atoms with Gasteiger partial charge in [0.15, 0.2) is 0 Å². The number of nitrogens with zero attached hydrogens (tertiary/aromatic N) is 1. The molecule has 2 aromatic carbocycles. The number of hydroxylamine groups is 1. The van der Waals surface area contributed by atoms with Crippen molar-refractivity contribution in [1.29, 1.82) is 0 Å². The molecule has 1 heterocycles. The number of anilines is 1. The smallest absolute Gasteiger partial charge is 0.267 e. The summed E-state index contributed by atoms with van der Waals surface area (Å²) in [6.07, 6.45) is 1.74. The topological polar surface area (TPSA) is 129 Å². The summed E-state index contributed by atoms with van der Waals surface area (Å²) in [5.41, 5.74) is 10.4. The summed E-state index contributed by atoms with van der Waals surface area (Å²) < 4.78 is 0.